The number of imidazole rings is 1. The van der Waals surface area contributed by atoms with Gasteiger partial charge in [0.25, 0.3) is 22.8 Å². The maximum atomic E-state index is 13.7. The first-order valence-electron chi connectivity index (χ1n) is 16.3. The molecule has 0 atom stereocenters. The Bertz CT molecular complexity index is 2380. The van der Waals surface area contributed by atoms with Crippen LogP contribution in [0.1, 0.15) is 41.0 Å². The first-order valence-corrected chi connectivity index (χ1v) is 19.9. The summed E-state index contributed by atoms with van der Waals surface area (Å²) in [5.74, 6) is -0.364. The van der Waals surface area contributed by atoms with Crippen LogP contribution in [0.2, 0.25) is 0 Å². The predicted octanol–water partition coefficient (Wildman–Crippen LogP) is 5.43. The van der Waals surface area contributed by atoms with E-state index in [1.54, 1.807) is 80.5 Å². The summed E-state index contributed by atoms with van der Waals surface area (Å²) in [6, 6.07) is 13.5. The SMILES string of the molecule is CS(=O)(=O)O.CS(=O)(=O)[O-].Cc1cn(-c2cc(NC(=O)c3ccc(C)c(Nc4nccc(-c5ccc[n+](COC(=O)OC(C)C)c5)n4)c3)cc(C(F)(F)F)c2)cn1. The van der Waals surface area contributed by atoms with Crippen LogP contribution in [0.15, 0.2) is 85.7 Å². The molecular weight excluding hydrogens is 800 g/mol. The van der Waals surface area contributed by atoms with Crippen LogP contribution in [0, 0.1) is 13.8 Å². The Kier molecular flexibility index (Phi) is 15.3. The minimum atomic E-state index is -4.63. The van der Waals surface area contributed by atoms with Gasteiger partial charge in [-0.15, -0.1) is 0 Å². The molecule has 306 valence electrons. The normalized spacial score (nSPS) is 11.4. The van der Waals surface area contributed by atoms with Crippen molar-refractivity contribution in [1.29, 1.82) is 0 Å². The zero-order valence-corrected chi connectivity index (χ0v) is 32.8. The fraction of sp³-hybridized carbons (Fsp3) is 0.257. The maximum absolute atomic E-state index is 13.7. The second kappa shape index (κ2) is 19.3. The quantitative estimate of drug-likeness (QED) is 0.0954. The zero-order valence-electron chi connectivity index (χ0n) is 31.2. The Balaban J connectivity index is 0.000000775. The lowest BCUT2D eigenvalue weighted by Crippen LogP contribution is -2.35. The van der Waals surface area contributed by atoms with Crippen molar-refractivity contribution in [2.24, 2.45) is 0 Å². The number of nitrogens with zero attached hydrogens (tertiary/aromatic N) is 5. The van der Waals surface area contributed by atoms with Gasteiger partial charge in [0.05, 0.1) is 51.3 Å². The summed E-state index contributed by atoms with van der Waals surface area (Å²) in [7, 11) is -7.58. The molecule has 0 aliphatic heterocycles. The molecule has 3 heterocycles. The number of hydrogen-bond acceptors (Lipinski definition) is 13. The first kappa shape index (κ1) is 45.4. The van der Waals surface area contributed by atoms with Crippen molar-refractivity contribution in [3.05, 3.63) is 108 Å². The van der Waals surface area contributed by atoms with Gasteiger partial charge >= 0.3 is 12.3 Å². The zero-order chi connectivity index (χ0) is 42.7. The fourth-order valence-electron chi connectivity index (χ4n) is 4.47. The van der Waals surface area contributed by atoms with E-state index in [2.05, 4.69) is 25.6 Å². The van der Waals surface area contributed by atoms with Gasteiger partial charge in [-0.1, -0.05) is 6.07 Å². The molecule has 0 unspecified atom stereocenters. The fourth-order valence-corrected chi connectivity index (χ4v) is 4.47. The predicted molar refractivity (Wildman–Crippen MR) is 199 cm³/mol. The average Bonchev–Trinajstić information content (AvgIpc) is 3.52. The number of alkyl halides is 3. The molecular formula is C35H38F3N7O10S2. The number of aryl methyl sites for hydroxylation is 2. The molecule has 57 heavy (non-hydrogen) atoms. The topological polar surface area (TPSA) is 236 Å². The lowest BCUT2D eigenvalue weighted by Gasteiger charge is -2.14. The molecule has 5 aromatic rings. The van der Waals surface area contributed by atoms with Gasteiger partial charge in [0, 0.05) is 47.3 Å². The van der Waals surface area contributed by atoms with Gasteiger partial charge in [0.1, 0.15) is 0 Å². The third kappa shape index (κ3) is 16.7. The average molecular weight is 838 g/mol. The van der Waals surface area contributed by atoms with Crippen LogP contribution in [0.25, 0.3) is 16.9 Å². The number of rotatable bonds is 9. The Morgan fingerprint density at radius 1 is 1.02 bits per heavy atom. The summed E-state index contributed by atoms with van der Waals surface area (Å²) in [4.78, 5) is 38.0. The van der Waals surface area contributed by atoms with Gasteiger partial charge in [0.15, 0.2) is 12.4 Å². The summed E-state index contributed by atoms with van der Waals surface area (Å²) < 4.78 is 107. The minimum Gasteiger partial charge on any atom is -0.748 e. The number of benzene rings is 2. The molecule has 3 aromatic heterocycles. The standard InChI is InChI=1S/C33H30F3N7O4.2CH4O3S/c1-20(2)47-32(45)46-19-42-11-5-6-24(17-42)28-9-10-37-31(40-28)41-29-12-23(8-7-21(29)3)30(44)39-26-13-25(33(34,35)36)14-27(15-26)43-16-22(4)38-18-43;2*1-5(2,3)4/h5-18,20H,19H2,1-4H3,(H-,37,39,40,41,44);2*1H3,(H,2,3,4). The Morgan fingerprint density at radius 2 is 1.68 bits per heavy atom. The molecule has 0 spiro atoms. The Morgan fingerprint density at radius 3 is 2.28 bits per heavy atom. The van der Waals surface area contributed by atoms with E-state index in [-0.39, 0.29) is 35.7 Å². The molecule has 0 saturated carbocycles. The Hall–Kier alpha value is -5.97. The Labute approximate surface area is 326 Å². The number of carbonyl (C=O) groups is 2. The molecule has 0 saturated heterocycles. The van der Waals surface area contributed by atoms with Crippen molar-refractivity contribution in [3.8, 4) is 16.9 Å². The minimum absolute atomic E-state index is 0.0281. The smallest absolute Gasteiger partial charge is 0.513 e. The molecule has 1 amide bonds. The summed E-state index contributed by atoms with van der Waals surface area (Å²) >= 11 is 0. The molecule has 2 aromatic carbocycles. The molecule has 0 bridgehead atoms. The highest BCUT2D eigenvalue weighted by Gasteiger charge is 2.31. The van der Waals surface area contributed by atoms with Gasteiger partial charge in [-0.25, -0.2) is 28.2 Å². The van der Waals surface area contributed by atoms with E-state index in [0.29, 0.717) is 29.6 Å². The summed E-state index contributed by atoms with van der Waals surface area (Å²) in [5.41, 5.74) is 2.67. The van der Waals surface area contributed by atoms with Crippen molar-refractivity contribution in [1.82, 2.24) is 19.5 Å². The van der Waals surface area contributed by atoms with Crippen LogP contribution in [0.4, 0.5) is 35.3 Å². The highest BCUT2D eigenvalue weighted by atomic mass is 32.2. The van der Waals surface area contributed by atoms with Gasteiger partial charge in [0.2, 0.25) is 5.95 Å². The molecule has 5 rings (SSSR count). The number of aromatic nitrogens is 5. The highest BCUT2D eigenvalue weighted by Crippen LogP contribution is 2.33. The van der Waals surface area contributed by atoms with Crippen molar-refractivity contribution in [3.63, 3.8) is 0 Å². The van der Waals surface area contributed by atoms with Gasteiger partial charge in [-0.05, 0) is 75.7 Å². The third-order valence-corrected chi connectivity index (χ3v) is 6.73. The van der Waals surface area contributed by atoms with Crippen molar-refractivity contribution >= 4 is 49.6 Å². The molecule has 22 heteroatoms. The monoisotopic (exact) mass is 837 g/mol. The summed E-state index contributed by atoms with van der Waals surface area (Å²) in [5, 5.41) is 5.71. The van der Waals surface area contributed by atoms with E-state index in [0.717, 1.165) is 23.3 Å². The van der Waals surface area contributed by atoms with E-state index in [9.17, 15) is 31.2 Å². The van der Waals surface area contributed by atoms with Gasteiger partial charge < -0.3 is 29.2 Å². The lowest BCUT2D eigenvalue weighted by atomic mass is 10.1. The van der Waals surface area contributed by atoms with E-state index in [1.807, 2.05) is 13.0 Å². The number of pyridine rings is 1. The number of anilines is 3. The van der Waals surface area contributed by atoms with Crippen LogP contribution in [-0.2, 0) is 42.6 Å². The number of halogens is 3. The number of ether oxygens (including phenoxy) is 2. The highest BCUT2D eigenvalue weighted by molar-refractivity contribution is 7.85. The van der Waals surface area contributed by atoms with E-state index >= 15 is 0 Å². The largest absolute Gasteiger partial charge is 0.748 e. The summed E-state index contributed by atoms with van der Waals surface area (Å²) in [6.07, 6.45) is 3.65. The van der Waals surface area contributed by atoms with Gasteiger partial charge in [-0.3, -0.25) is 9.35 Å². The van der Waals surface area contributed by atoms with Crippen LogP contribution in [0.3, 0.4) is 0 Å². The molecule has 0 fully saturated rings. The third-order valence-electron chi connectivity index (χ3n) is 6.73. The van der Waals surface area contributed by atoms with Gasteiger partial charge in [-0.2, -0.15) is 26.2 Å². The molecule has 0 radical (unpaired) electrons. The summed E-state index contributed by atoms with van der Waals surface area (Å²) in [6.45, 7) is 6.93. The van der Waals surface area contributed by atoms with Crippen LogP contribution >= 0.6 is 0 Å². The first-order chi connectivity index (χ1) is 26.3. The van der Waals surface area contributed by atoms with Crippen LogP contribution in [0.5, 0.6) is 0 Å². The van der Waals surface area contributed by atoms with Crippen LogP contribution < -0.4 is 15.2 Å². The van der Waals surface area contributed by atoms with Crippen molar-refractivity contribution in [2.45, 2.75) is 46.7 Å². The van der Waals surface area contributed by atoms with E-state index < -0.39 is 44.0 Å². The second-order valence-electron chi connectivity index (χ2n) is 12.3. The lowest BCUT2D eigenvalue weighted by molar-refractivity contribution is -0.727. The van der Waals surface area contributed by atoms with E-state index in [1.165, 1.54) is 17.0 Å². The van der Waals surface area contributed by atoms with E-state index in [4.69, 9.17) is 27.0 Å². The molecule has 17 nitrogen and oxygen atoms in total. The number of amides is 1. The number of nitrogens with one attached hydrogen (secondary N) is 2. The second-order valence-corrected chi connectivity index (χ2v) is 15.2. The number of hydrogen-bond donors (Lipinski definition) is 3. The molecule has 0 aliphatic rings. The maximum Gasteiger partial charge on any atom is 0.513 e. The molecule has 3 N–H and O–H groups in total. The molecule has 0 aliphatic carbocycles. The van der Waals surface area contributed by atoms with Crippen LogP contribution in [-0.4, -0.2) is 76.1 Å². The number of carbonyl (C=O) groups excluding carboxylic acids is 2. The van der Waals surface area contributed by atoms with Crippen molar-refractivity contribution < 1.29 is 62.7 Å². The van der Waals surface area contributed by atoms with Crippen molar-refractivity contribution in [2.75, 3.05) is 23.1 Å².